The molecule has 1 atom stereocenters. The molecule has 138 valence electrons. The zero-order valence-corrected chi connectivity index (χ0v) is 15.0. The predicted molar refractivity (Wildman–Crippen MR) is 95.1 cm³/mol. The van der Waals surface area contributed by atoms with Gasteiger partial charge in [-0.25, -0.2) is 17.8 Å². The SMILES string of the molecule is O=S(=O)(c1ccc(NC2CCOc3ccc(F)cc32)nc1)N1CCCC1. The van der Waals surface area contributed by atoms with E-state index in [0.29, 0.717) is 37.7 Å². The number of nitrogens with zero attached hydrogens (tertiary/aromatic N) is 2. The predicted octanol–water partition coefficient (Wildman–Crippen LogP) is 2.94. The summed E-state index contributed by atoms with van der Waals surface area (Å²) in [5.41, 5.74) is 0.742. The molecule has 3 heterocycles. The Morgan fingerprint density at radius 2 is 2.00 bits per heavy atom. The van der Waals surface area contributed by atoms with E-state index in [1.807, 2.05) is 0 Å². The summed E-state index contributed by atoms with van der Waals surface area (Å²) < 4.78 is 45.7. The van der Waals surface area contributed by atoms with Gasteiger partial charge >= 0.3 is 0 Å². The molecular weight excluding hydrogens is 357 g/mol. The van der Waals surface area contributed by atoms with Crippen LogP contribution in [0.5, 0.6) is 5.75 Å². The standard InChI is InChI=1S/C18H20FN3O3S/c19-13-3-5-17-15(11-13)16(7-10-25-17)21-18-6-4-14(12-20-18)26(23,24)22-8-1-2-9-22/h3-6,11-12,16H,1-2,7-10H2,(H,20,21). The molecule has 6 nitrogen and oxygen atoms in total. The van der Waals surface area contributed by atoms with E-state index in [4.69, 9.17) is 4.74 Å². The first kappa shape index (κ1) is 17.2. The van der Waals surface area contributed by atoms with E-state index in [9.17, 15) is 12.8 Å². The highest BCUT2D eigenvalue weighted by atomic mass is 32.2. The van der Waals surface area contributed by atoms with Crippen molar-refractivity contribution >= 4 is 15.8 Å². The Hall–Kier alpha value is -2.19. The number of anilines is 1. The average Bonchev–Trinajstić information content (AvgIpc) is 3.18. The van der Waals surface area contributed by atoms with Gasteiger partial charge in [-0.2, -0.15) is 4.31 Å². The summed E-state index contributed by atoms with van der Waals surface area (Å²) in [6.07, 6.45) is 3.84. The third kappa shape index (κ3) is 3.26. The van der Waals surface area contributed by atoms with Crippen molar-refractivity contribution in [3.05, 3.63) is 47.9 Å². The maximum atomic E-state index is 13.6. The Labute approximate surface area is 152 Å². The molecule has 0 aliphatic carbocycles. The summed E-state index contributed by atoms with van der Waals surface area (Å²) in [5.74, 6) is 0.886. The van der Waals surface area contributed by atoms with Crippen molar-refractivity contribution < 1.29 is 17.5 Å². The highest BCUT2D eigenvalue weighted by Crippen LogP contribution is 2.34. The molecule has 2 aliphatic heterocycles. The lowest BCUT2D eigenvalue weighted by molar-refractivity contribution is 0.273. The highest BCUT2D eigenvalue weighted by molar-refractivity contribution is 7.89. The fourth-order valence-corrected chi connectivity index (χ4v) is 4.85. The zero-order valence-electron chi connectivity index (χ0n) is 14.2. The molecule has 26 heavy (non-hydrogen) atoms. The third-order valence-electron chi connectivity index (χ3n) is 4.77. The number of halogens is 1. The van der Waals surface area contributed by atoms with Crippen LogP contribution < -0.4 is 10.1 Å². The Bertz CT molecular complexity index is 896. The normalized spacial score (nSPS) is 20.4. The van der Waals surface area contributed by atoms with Gasteiger partial charge in [0.2, 0.25) is 10.0 Å². The van der Waals surface area contributed by atoms with E-state index >= 15 is 0 Å². The van der Waals surface area contributed by atoms with Crippen LogP contribution in [-0.4, -0.2) is 37.4 Å². The van der Waals surface area contributed by atoms with Crippen LogP contribution in [-0.2, 0) is 10.0 Å². The largest absolute Gasteiger partial charge is 0.493 e. The van der Waals surface area contributed by atoms with Crippen molar-refractivity contribution in [3.8, 4) is 5.75 Å². The lowest BCUT2D eigenvalue weighted by atomic mass is 10.0. The number of nitrogens with one attached hydrogen (secondary N) is 1. The molecule has 4 rings (SSSR count). The second-order valence-corrected chi connectivity index (χ2v) is 8.44. The van der Waals surface area contributed by atoms with Crippen LogP contribution in [0.1, 0.15) is 30.9 Å². The highest BCUT2D eigenvalue weighted by Gasteiger charge is 2.28. The van der Waals surface area contributed by atoms with Crippen LogP contribution in [0, 0.1) is 5.82 Å². The quantitative estimate of drug-likeness (QED) is 0.887. The van der Waals surface area contributed by atoms with Crippen LogP contribution in [0.3, 0.4) is 0 Å². The molecule has 1 aromatic heterocycles. The molecule has 0 spiro atoms. The maximum Gasteiger partial charge on any atom is 0.244 e. The fraction of sp³-hybridized carbons (Fsp3) is 0.389. The van der Waals surface area contributed by atoms with Crippen molar-refractivity contribution in [3.63, 3.8) is 0 Å². The molecule has 1 unspecified atom stereocenters. The van der Waals surface area contributed by atoms with Gasteiger partial charge in [0.15, 0.2) is 0 Å². The second kappa shape index (κ2) is 6.85. The summed E-state index contributed by atoms with van der Waals surface area (Å²) in [7, 11) is -3.47. The van der Waals surface area contributed by atoms with E-state index in [1.165, 1.54) is 22.6 Å². The molecule has 2 aromatic rings. The van der Waals surface area contributed by atoms with Gasteiger partial charge in [0.25, 0.3) is 0 Å². The molecule has 1 saturated heterocycles. The van der Waals surface area contributed by atoms with Gasteiger partial charge < -0.3 is 10.1 Å². The Balaban J connectivity index is 1.53. The van der Waals surface area contributed by atoms with Crippen molar-refractivity contribution in [2.24, 2.45) is 0 Å². The smallest absolute Gasteiger partial charge is 0.244 e. The number of rotatable bonds is 4. The molecule has 1 fully saturated rings. The van der Waals surface area contributed by atoms with E-state index < -0.39 is 10.0 Å². The minimum absolute atomic E-state index is 0.136. The number of hydrogen-bond donors (Lipinski definition) is 1. The number of sulfonamides is 1. The summed E-state index contributed by atoms with van der Waals surface area (Å²) in [5, 5.41) is 3.25. The number of fused-ring (bicyclic) bond motifs is 1. The van der Waals surface area contributed by atoms with Crippen molar-refractivity contribution in [2.45, 2.75) is 30.2 Å². The number of aromatic nitrogens is 1. The molecule has 0 bridgehead atoms. The number of benzene rings is 1. The fourth-order valence-electron chi connectivity index (χ4n) is 3.39. The topological polar surface area (TPSA) is 71.5 Å². The van der Waals surface area contributed by atoms with E-state index in [2.05, 4.69) is 10.3 Å². The minimum atomic E-state index is -3.47. The number of pyridine rings is 1. The third-order valence-corrected chi connectivity index (χ3v) is 6.65. The van der Waals surface area contributed by atoms with Crippen LogP contribution in [0.4, 0.5) is 10.2 Å². The summed E-state index contributed by atoms with van der Waals surface area (Å²) in [6, 6.07) is 7.53. The molecule has 1 N–H and O–H groups in total. The lowest BCUT2D eigenvalue weighted by Crippen LogP contribution is -2.28. The Kier molecular flexibility index (Phi) is 4.54. The maximum absolute atomic E-state index is 13.6. The monoisotopic (exact) mass is 377 g/mol. The summed E-state index contributed by atoms with van der Waals surface area (Å²) >= 11 is 0. The van der Waals surface area contributed by atoms with Crippen LogP contribution in [0.25, 0.3) is 0 Å². The first-order valence-electron chi connectivity index (χ1n) is 8.69. The lowest BCUT2D eigenvalue weighted by Gasteiger charge is -2.27. The molecule has 8 heteroatoms. The summed E-state index contributed by atoms with van der Waals surface area (Å²) in [6.45, 7) is 1.65. The van der Waals surface area contributed by atoms with Crippen LogP contribution >= 0.6 is 0 Å². The van der Waals surface area contributed by atoms with Crippen molar-refractivity contribution in [2.75, 3.05) is 25.0 Å². The Morgan fingerprint density at radius 3 is 2.73 bits per heavy atom. The van der Waals surface area contributed by atoms with E-state index in [0.717, 1.165) is 18.4 Å². The van der Waals surface area contributed by atoms with Gasteiger partial charge in [0.1, 0.15) is 22.3 Å². The van der Waals surface area contributed by atoms with E-state index in [1.54, 1.807) is 18.2 Å². The number of ether oxygens (including phenoxy) is 1. The van der Waals surface area contributed by atoms with E-state index in [-0.39, 0.29) is 16.8 Å². The molecule has 1 aromatic carbocycles. The first-order chi connectivity index (χ1) is 12.5. The van der Waals surface area contributed by atoms with Gasteiger partial charge in [-0.1, -0.05) is 0 Å². The Morgan fingerprint density at radius 1 is 1.19 bits per heavy atom. The van der Waals surface area contributed by atoms with Gasteiger partial charge in [-0.05, 0) is 43.2 Å². The molecule has 0 amide bonds. The molecule has 0 radical (unpaired) electrons. The van der Waals surface area contributed by atoms with Gasteiger partial charge in [-0.3, -0.25) is 0 Å². The molecular formula is C18H20FN3O3S. The van der Waals surface area contributed by atoms with Gasteiger partial charge in [-0.15, -0.1) is 0 Å². The van der Waals surface area contributed by atoms with Gasteiger partial charge in [0.05, 0.1) is 12.6 Å². The first-order valence-corrected chi connectivity index (χ1v) is 10.1. The van der Waals surface area contributed by atoms with Gasteiger partial charge in [0, 0.05) is 31.3 Å². The van der Waals surface area contributed by atoms with Crippen molar-refractivity contribution in [1.82, 2.24) is 9.29 Å². The zero-order chi connectivity index (χ0) is 18.1. The van der Waals surface area contributed by atoms with Crippen molar-refractivity contribution in [1.29, 1.82) is 0 Å². The number of hydrogen-bond acceptors (Lipinski definition) is 5. The molecule has 0 saturated carbocycles. The van der Waals surface area contributed by atoms with Crippen LogP contribution in [0.2, 0.25) is 0 Å². The second-order valence-electron chi connectivity index (χ2n) is 6.51. The van der Waals surface area contributed by atoms with Crippen LogP contribution in [0.15, 0.2) is 41.4 Å². The summed E-state index contributed by atoms with van der Waals surface area (Å²) in [4.78, 5) is 4.45. The molecule has 2 aliphatic rings. The average molecular weight is 377 g/mol. The minimum Gasteiger partial charge on any atom is -0.493 e.